The molecule has 0 bridgehead atoms. The van der Waals surface area contributed by atoms with Gasteiger partial charge < -0.3 is 16.2 Å². The number of rotatable bonds is 5. The Bertz CT molecular complexity index is 1470. The number of phenols is 1. The van der Waals surface area contributed by atoms with E-state index < -0.39 is 0 Å². The first-order chi connectivity index (χ1) is 16.2. The maximum Gasteiger partial charge on any atom is 0.230 e. The van der Waals surface area contributed by atoms with E-state index in [-0.39, 0.29) is 34.1 Å². The molecule has 0 saturated carbocycles. The average molecular weight is 472 g/mol. The number of hydrogen-bond donors (Lipinski definition) is 4. The molecular weight excluding hydrogens is 453 g/mol. The van der Waals surface area contributed by atoms with Crippen LogP contribution in [0.5, 0.6) is 5.75 Å². The van der Waals surface area contributed by atoms with Crippen LogP contribution in [-0.2, 0) is 0 Å². The molecule has 12 heteroatoms. The number of nitrogens with one attached hydrogen (secondary N) is 2. The molecule has 0 saturated heterocycles. The summed E-state index contributed by atoms with van der Waals surface area (Å²) in [6.45, 7) is 5.51. The number of nitrogens with two attached hydrogens (primary N) is 1. The molecule has 0 spiro atoms. The maximum atomic E-state index is 11.0. The second kappa shape index (κ2) is 9.03. The molecule has 168 valence electrons. The van der Waals surface area contributed by atoms with Crippen LogP contribution >= 0.6 is 11.6 Å². The quantitative estimate of drug-likeness (QED) is 0.171. The first-order valence-corrected chi connectivity index (χ1v) is 10.4. The number of fused-ring (bicyclic) bond motifs is 1. The number of anilines is 3. The van der Waals surface area contributed by atoms with Crippen molar-refractivity contribution in [3.05, 3.63) is 52.3 Å². The third kappa shape index (κ3) is 4.37. The Morgan fingerprint density at radius 3 is 2.38 bits per heavy atom. The van der Waals surface area contributed by atoms with E-state index >= 15 is 0 Å². The first-order valence-electron chi connectivity index (χ1n) is 10.1. The normalized spacial score (nSPS) is 11.3. The van der Waals surface area contributed by atoms with Gasteiger partial charge in [-0.15, -0.1) is 5.11 Å². The lowest BCUT2D eigenvalue weighted by Crippen LogP contribution is -2.16. The summed E-state index contributed by atoms with van der Waals surface area (Å²) in [5.74, 6) is 0.0667. The molecular formula is C22H19BClN9O. The second-order valence-electron chi connectivity index (χ2n) is 7.67. The fraction of sp³-hybridized carbons (Fsp3) is 0.136. The second-order valence-corrected chi connectivity index (χ2v) is 8.01. The smallest absolute Gasteiger partial charge is 0.230 e. The zero-order valence-electron chi connectivity index (χ0n) is 18.5. The van der Waals surface area contributed by atoms with Crippen LogP contribution in [0.15, 0.2) is 45.7 Å². The lowest BCUT2D eigenvalue weighted by atomic mass is 9.99. The Labute approximate surface area is 201 Å². The van der Waals surface area contributed by atoms with E-state index in [4.69, 9.17) is 30.7 Å². The van der Waals surface area contributed by atoms with Crippen LogP contribution < -0.4 is 16.8 Å². The van der Waals surface area contributed by atoms with Gasteiger partial charge in [-0.2, -0.15) is 15.2 Å². The first kappa shape index (κ1) is 23.1. The number of phenolic OH excluding ortho intramolecular Hbond substituents is 1. The van der Waals surface area contributed by atoms with Gasteiger partial charge in [-0.1, -0.05) is 6.07 Å². The highest BCUT2D eigenvalue weighted by molar-refractivity contribution is 6.32. The molecule has 1 heterocycles. The zero-order chi connectivity index (χ0) is 24.6. The van der Waals surface area contributed by atoms with Gasteiger partial charge >= 0.3 is 0 Å². The molecule has 0 atom stereocenters. The minimum absolute atomic E-state index is 0.00683. The molecule has 0 aliphatic rings. The largest absolute Gasteiger partial charge is 0.505 e. The summed E-state index contributed by atoms with van der Waals surface area (Å²) in [5.41, 5.74) is 17.9. The minimum Gasteiger partial charge on any atom is -0.505 e. The Balaban J connectivity index is 1.74. The third-order valence-electron chi connectivity index (χ3n) is 5.23. The van der Waals surface area contributed by atoms with Gasteiger partial charge in [0.05, 0.1) is 22.5 Å². The van der Waals surface area contributed by atoms with Gasteiger partial charge in [-0.3, -0.25) is 0 Å². The molecule has 4 aromatic rings. The predicted octanol–water partition coefficient (Wildman–Crippen LogP) is 5.51. The van der Waals surface area contributed by atoms with Crippen molar-refractivity contribution in [1.29, 1.82) is 5.53 Å². The minimum atomic E-state index is -0.122. The molecule has 34 heavy (non-hydrogen) atoms. The number of aryl methyl sites for hydroxylation is 3. The maximum absolute atomic E-state index is 11.0. The molecule has 0 fully saturated rings. The Morgan fingerprint density at radius 2 is 1.71 bits per heavy atom. The van der Waals surface area contributed by atoms with Crippen molar-refractivity contribution < 1.29 is 5.11 Å². The average Bonchev–Trinajstić information content (AvgIpc) is 2.74. The summed E-state index contributed by atoms with van der Waals surface area (Å²) in [7, 11) is 5.61. The van der Waals surface area contributed by atoms with Gasteiger partial charge in [0.25, 0.3) is 0 Å². The Hall–Kier alpha value is -4.12. The number of halogens is 1. The molecule has 3 aromatic carbocycles. The number of aromatic hydroxyl groups is 1. The molecule has 10 nitrogen and oxygen atoms in total. The van der Waals surface area contributed by atoms with Crippen LogP contribution in [0.2, 0.25) is 5.28 Å². The van der Waals surface area contributed by atoms with Gasteiger partial charge in [-0.05, 0) is 78.7 Å². The highest BCUT2D eigenvalue weighted by atomic mass is 35.5. The van der Waals surface area contributed by atoms with Crippen LogP contribution in [0.4, 0.5) is 34.4 Å². The van der Waals surface area contributed by atoms with E-state index in [0.717, 1.165) is 16.5 Å². The van der Waals surface area contributed by atoms with Crippen LogP contribution in [0.1, 0.15) is 16.7 Å². The van der Waals surface area contributed by atoms with Gasteiger partial charge in [0.15, 0.2) is 13.6 Å². The molecule has 0 aliphatic carbocycles. The van der Waals surface area contributed by atoms with E-state index in [1.807, 2.05) is 45.0 Å². The monoisotopic (exact) mass is 471 g/mol. The summed E-state index contributed by atoms with van der Waals surface area (Å²) in [4.78, 5) is 11.7. The SMILES string of the molecule is [B]c1nc(Cl)nc(Nc2ccc(C)c(N=Nc3c(C)cc4cc(C)c(N=N)c(N)c4c3O)c2)n1. The van der Waals surface area contributed by atoms with Gasteiger partial charge in [0, 0.05) is 5.69 Å². The molecule has 2 radical (unpaired) electrons. The van der Waals surface area contributed by atoms with Crippen molar-refractivity contribution in [2.75, 3.05) is 11.1 Å². The number of benzene rings is 3. The Morgan fingerprint density at radius 1 is 1.00 bits per heavy atom. The summed E-state index contributed by atoms with van der Waals surface area (Å²) >= 11 is 5.84. The highest BCUT2D eigenvalue weighted by Crippen LogP contribution is 2.45. The standard InChI is InChI=1S/C22H19BClN9O/c1-9-4-5-13(27-22-29-20(23)28-21(24)30-22)8-14(9)32-33-18-11(3)7-12-6-10(2)17(31-26)16(25)15(12)19(18)34/h4-8,26,34H,25H2,1-3H3,(H,27,28,29,30). The van der Waals surface area contributed by atoms with Crippen molar-refractivity contribution in [2.45, 2.75) is 20.8 Å². The molecule has 0 aliphatic heterocycles. The molecule has 0 amide bonds. The van der Waals surface area contributed by atoms with Crippen molar-refractivity contribution in [1.82, 2.24) is 15.0 Å². The lowest BCUT2D eigenvalue weighted by molar-refractivity contribution is 0.482. The third-order valence-corrected chi connectivity index (χ3v) is 5.39. The molecule has 0 unspecified atom stereocenters. The number of nitrogens with zero attached hydrogens (tertiary/aromatic N) is 6. The van der Waals surface area contributed by atoms with Gasteiger partial charge in [0.2, 0.25) is 11.2 Å². The number of aromatic nitrogens is 3. The number of nitrogen functional groups attached to an aromatic ring is 1. The van der Waals surface area contributed by atoms with Crippen LogP contribution in [-0.4, -0.2) is 27.9 Å². The van der Waals surface area contributed by atoms with Crippen LogP contribution in [0.25, 0.3) is 10.8 Å². The topological polar surface area (TPSA) is 158 Å². The predicted molar refractivity (Wildman–Crippen MR) is 133 cm³/mol. The van der Waals surface area contributed by atoms with Crippen molar-refractivity contribution in [3.8, 4) is 5.75 Å². The molecule has 4 rings (SSSR count). The van der Waals surface area contributed by atoms with E-state index in [9.17, 15) is 5.11 Å². The van der Waals surface area contributed by atoms with E-state index in [1.54, 1.807) is 6.07 Å². The van der Waals surface area contributed by atoms with Gasteiger partial charge in [0.1, 0.15) is 11.4 Å². The number of azo groups is 1. The van der Waals surface area contributed by atoms with Gasteiger partial charge in [-0.25, -0.2) is 15.5 Å². The van der Waals surface area contributed by atoms with E-state index in [1.165, 1.54) is 0 Å². The fourth-order valence-electron chi connectivity index (χ4n) is 3.57. The lowest BCUT2D eigenvalue weighted by Gasteiger charge is -2.13. The van der Waals surface area contributed by atoms with E-state index in [2.05, 4.69) is 35.6 Å². The fourth-order valence-corrected chi connectivity index (χ4v) is 3.74. The molecule has 1 aromatic heterocycles. The summed E-state index contributed by atoms with van der Waals surface area (Å²) in [5, 5.41) is 27.2. The molecule has 5 N–H and O–H groups in total. The highest BCUT2D eigenvalue weighted by Gasteiger charge is 2.17. The van der Waals surface area contributed by atoms with Crippen LogP contribution in [0, 0.1) is 26.3 Å². The summed E-state index contributed by atoms with van der Waals surface area (Å²) in [6.07, 6.45) is 0. The summed E-state index contributed by atoms with van der Waals surface area (Å²) in [6, 6.07) is 9.09. The van der Waals surface area contributed by atoms with E-state index in [0.29, 0.717) is 28.0 Å². The zero-order valence-corrected chi connectivity index (χ0v) is 19.3. The number of hydrogen-bond acceptors (Lipinski definition) is 10. The van der Waals surface area contributed by atoms with Crippen molar-refractivity contribution >= 4 is 70.3 Å². The van der Waals surface area contributed by atoms with Crippen molar-refractivity contribution in [2.24, 2.45) is 15.3 Å². The summed E-state index contributed by atoms with van der Waals surface area (Å²) < 4.78 is 0. The Kier molecular flexibility index (Phi) is 6.12. The van der Waals surface area contributed by atoms with Crippen LogP contribution in [0.3, 0.4) is 0 Å². The van der Waals surface area contributed by atoms with Crippen molar-refractivity contribution in [3.63, 3.8) is 0 Å².